The van der Waals surface area contributed by atoms with Gasteiger partial charge in [-0.25, -0.2) is 14.3 Å². The van der Waals surface area contributed by atoms with Crippen LogP contribution in [0.5, 0.6) is 0 Å². The van der Waals surface area contributed by atoms with Gasteiger partial charge in [-0.15, -0.1) is 0 Å². The van der Waals surface area contributed by atoms with Gasteiger partial charge in [-0.3, -0.25) is 0 Å². The molecule has 19 heavy (non-hydrogen) atoms. The number of nitrogens with zero attached hydrogens (tertiary/aromatic N) is 3. The summed E-state index contributed by atoms with van der Waals surface area (Å²) in [7, 11) is 0. The zero-order valence-electron chi connectivity index (χ0n) is 10.2. The molecule has 0 saturated heterocycles. The molecule has 0 spiro atoms. The molecule has 5 heteroatoms. The van der Waals surface area contributed by atoms with Crippen LogP contribution in [0.3, 0.4) is 0 Å². The van der Waals surface area contributed by atoms with Crippen LogP contribution in [-0.2, 0) is 0 Å². The molecule has 94 valence electrons. The van der Waals surface area contributed by atoms with Crippen molar-refractivity contribution in [1.82, 2.24) is 14.6 Å². The molecule has 0 atom stereocenters. The Kier molecular flexibility index (Phi) is 2.52. The number of carboxylic acid groups (broad SMARTS) is 1. The smallest absolute Gasteiger partial charge is 0.356 e. The molecule has 0 aliphatic rings. The van der Waals surface area contributed by atoms with Crippen LogP contribution in [-0.4, -0.2) is 25.7 Å². The number of carbonyl (C=O) groups is 1. The van der Waals surface area contributed by atoms with Gasteiger partial charge in [0.25, 0.3) is 0 Å². The van der Waals surface area contributed by atoms with Gasteiger partial charge in [-0.2, -0.15) is 5.10 Å². The van der Waals surface area contributed by atoms with E-state index in [1.807, 2.05) is 31.2 Å². The number of aromatic carboxylic acids is 1. The molecule has 2 heterocycles. The van der Waals surface area contributed by atoms with Gasteiger partial charge in [0.2, 0.25) is 0 Å². The first-order valence-corrected chi connectivity index (χ1v) is 5.80. The lowest BCUT2D eigenvalue weighted by Crippen LogP contribution is -1.98. The number of hydrogen-bond acceptors (Lipinski definition) is 3. The Morgan fingerprint density at radius 3 is 2.84 bits per heavy atom. The van der Waals surface area contributed by atoms with Crippen LogP contribution < -0.4 is 0 Å². The minimum absolute atomic E-state index is 0.00515. The van der Waals surface area contributed by atoms with E-state index in [-0.39, 0.29) is 5.69 Å². The Hall–Kier alpha value is -2.69. The standard InChI is InChI=1S/C14H11N3O2/c1-9-4-2-3-5-11(9)10-7-15-13-6-12(14(18)19)16-17(13)8-10/h2-8H,1H3,(H,18,19). The Bertz CT molecular complexity index is 777. The third kappa shape index (κ3) is 1.95. The van der Waals surface area contributed by atoms with Crippen molar-refractivity contribution in [3.8, 4) is 11.1 Å². The molecule has 0 bridgehead atoms. The number of aryl methyl sites for hydroxylation is 1. The first-order valence-electron chi connectivity index (χ1n) is 5.80. The van der Waals surface area contributed by atoms with Gasteiger partial charge in [0.15, 0.2) is 11.3 Å². The fourth-order valence-corrected chi connectivity index (χ4v) is 2.02. The van der Waals surface area contributed by atoms with E-state index in [1.54, 1.807) is 12.4 Å². The van der Waals surface area contributed by atoms with E-state index < -0.39 is 5.97 Å². The van der Waals surface area contributed by atoms with E-state index in [0.717, 1.165) is 16.7 Å². The highest BCUT2D eigenvalue weighted by atomic mass is 16.4. The predicted octanol–water partition coefficient (Wildman–Crippen LogP) is 2.40. The largest absolute Gasteiger partial charge is 0.476 e. The van der Waals surface area contributed by atoms with Crippen LogP contribution in [0.15, 0.2) is 42.7 Å². The summed E-state index contributed by atoms with van der Waals surface area (Å²) in [6, 6.07) is 9.40. The molecule has 0 aliphatic carbocycles. The Labute approximate surface area is 109 Å². The van der Waals surface area contributed by atoms with Crippen molar-refractivity contribution in [3.63, 3.8) is 0 Å². The van der Waals surface area contributed by atoms with Crippen molar-refractivity contribution in [2.75, 3.05) is 0 Å². The SMILES string of the molecule is Cc1ccccc1-c1cnc2cc(C(=O)O)nn2c1. The maximum Gasteiger partial charge on any atom is 0.356 e. The van der Waals surface area contributed by atoms with Crippen LogP contribution in [0.1, 0.15) is 16.1 Å². The van der Waals surface area contributed by atoms with Crippen molar-refractivity contribution in [1.29, 1.82) is 0 Å². The van der Waals surface area contributed by atoms with Crippen molar-refractivity contribution in [2.24, 2.45) is 0 Å². The topological polar surface area (TPSA) is 67.5 Å². The second-order valence-electron chi connectivity index (χ2n) is 4.30. The molecule has 0 unspecified atom stereocenters. The van der Waals surface area contributed by atoms with Gasteiger partial charge >= 0.3 is 5.97 Å². The molecule has 3 rings (SSSR count). The second kappa shape index (κ2) is 4.20. The minimum atomic E-state index is -1.05. The minimum Gasteiger partial charge on any atom is -0.476 e. The first-order chi connectivity index (χ1) is 9.15. The summed E-state index contributed by atoms with van der Waals surface area (Å²) in [4.78, 5) is 15.1. The fraction of sp³-hybridized carbons (Fsp3) is 0.0714. The van der Waals surface area contributed by atoms with E-state index in [4.69, 9.17) is 5.11 Å². The molecule has 3 aromatic rings. The molecule has 0 aliphatic heterocycles. The molecule has 1 aromatic carbocycles. The summed E-state index contributed by atoms with van der Waals surface area (Å²) < 4.78 is 1.49. The molecule has 0 saturated carbocycles. The Balaban J connectivity index is 2.16. The number of carboxylic acids is 1. The zero-order chi connectivity index (χ0) is 13.4. The second-order valence-corrected chi connectivity index (χ2v) is 4.30. The zero-order valence-corrected chi connectivity index (χ0v) is 10.2. The monoisotopic (exact) mass is 253 g/mol. The van der Waals surface area contributed by atoms with Gasteiger partial charge < -0.3 is 5.11 Å². The van der Waals surface area contributed by atoms with Gasteiger partial charge in [0, 0.05) is 24.0 Å². The predicted molar refractivity (Wildman–Crippen MR) is 70.1 cm³/mol. The lowest BCUT2D eigenvalue weighted by Gasteiger charge is -2.05. The van der Waals surface area contributed by atoms with E-state index in [2.05, 4.69) is 10.1 Å². The molecule has 2 aromatic heterocycles. The third-order valence-corrected chi connectivity index (χ3v) is 2.99. The summed E-state index contributed by atoms with van der Waals surface area (Å²) in [5, 5.41) is 12.9. The number of aromatic nitrogens is 3. The molecule has 5 nitrogen and oxygen atoms in total. The van der Waals surface area contributed by atoms with E-state index >= 15 is 0 Å². The number of hydrogen-bond donors (Lipinski definition) is 1. The van der Waals surface area contributed by atoms with Crippen molar-refractivity contribution < 1.29 is 9.90 Å². The van der Waals surface area contributed by atoms with E-state index in [1.165, 1.54) is 10.6 Å². The van der Waals surface area contributed by atoms with Gasteiger partial charge in [-0.1, -0.05) is 24.3 Å². The van der Waals surface area contributed by atoms with Crippen molar-refractivity contribution in [3.05, 3.63) is 54.0 Å². The Morgan fingerprint density at radius 1 is 1.32 bits per heavy atom. The van der Waals surface area contributed by atoms with Gasteiger partial charge in [0.05, 0.1) is 0 Å². The first kappa shape index (κ1) is 11.4. The number of benzene rings is 1. The lowest BCUT2D eigenvalue weighted by atomic mass is 10.0. The molecule has 0 fully saturated rings. The molecule has 0 amide bonds. The van der Waals surface area contributed by atoms with Crippen molar-refractivity contribution >= 4 is 11.6 Å². The summed E-state index contributed by atoms with van der Waals surface area (Å²) >= 11 is 0. The normalized spacial score (nSPS) is 10.8. The van der Waals surface area contributed by atoms with Crippen LogP contribution in [0.2, 0.25) is 0 Å². The average Bonchev–Trinajstić information content (AvgIpc) is 2.82. The highest BCUT2D eigenvalue weighted by Gasteiger charge is 2.10. The van der Waals surface area contributed by atoms with Crippen LogP contribution in [0, 0.1) is 6.92 Å². The molecular formula is C14H11N3O2. The van der Waals surface area contributed by atoms with Gasteiger partial charge in [-0.05, 0) is 18.1 Å². The number of rotatable bonds is 2. The quantitative estimate of drug-likeness (QED) is 0.761. The molecule has 0 radical (unpaired) electrons. The summed E-state index contributed by atoms with van der Waals surface area (Å²) in [5.74, 6) is -1.05. The number of fused-ring (bicyclic) bond motifs is 1. The maximum absolute atomic E-state index is 10.9. The fourth-order valence-electron chi connectivity index (χ4n) is 2.02. The third-order valence-electron chi connectivity index (χ3n) is 2.99. The summed E-state index contributed by atoms with van der Waals surface area (Å²) in [6.07, 6.45) is 3.52. The highest BCUT2D eigenvalue weighted by molar-refractivity contribution is 5.86. The van der Waals surface area contributed by atoms with Gasteiger partial charge in [0.1, 0.15) is 0 Å². The molecular weight excluding hydrogens is 242 g/mol. The van der Waals surface area contributed by atoms with E-state index in [9.17, 15) is 4.79 Å². The molecule has 1 N–H and O–H groups in total. The van der Waals surface area contributed by atoms with E-state index in [0.29, 0.717) is 5.65 Å². The lowest BCUT2D eigenvalue weighted by molar-refractivity contribution is 0.0690. The summed E-state index contributed by atoms with van der Waals surface area (Å²) in [6.45, 7) is 2.02. The maximum atomic E-state index is 10.9. The average molecular weight is 253 g/mol. The van der Waals surface area contributed by atoms with Crippen molar-refractivity contribution in [2.45, 2.75) is 6.92 Å². The van der Waals surface area contributed by atoms with Crippen LogP contribution >= 0.6 is 0 Å². The Morgan fingerprint density at radius 2 is 2.11 bits per heavy atom. The van der Waals surface area contributed by atoms with Crippen LogP contribution in [0.25, 0.3) is 16.8 Å². The van der Waals surface area contributed by atoms with Crippen LogP contribution in [0.4, 0.5) is 0 Å². The summed E-state index contributed by atoms with van der Waals surface area (Å²) in [5.41, 5.74) is 3.62. The highest BCUT2D eigenvalue weighted by Crippen LogP contribution is 2.22.